The van der Waals surface area contributed by atoms with Gasteiger partial charge in [0.15, 0.2) is 0 Å². The third kappa shape index (κ3) is 2.25. The van der Waals surface area contributed by atoms with Crippen molar-refractivity contribution in [2.24, 2.45) is 5.41 Å². The number of carboxylic acids is 1. The zero-order chi connectivity index (χ0) is 12.6. The molecule has 1 aliphatic heterocycles. The predicted octanol–water partition coefficient (Wildman–Crippen LogP) is 2.30. The molecule has 1 heterocycles. The van der Waals surface area contributed by atoms with Crippen LogP contribution in [-0.4, -0.2) is 24.2 Å². The molecule has 1 aromatic rings. The lowest BCUT2D eigenvalue weighted by Gasteiger charge is -2.28. The molecular weight excluding hydrogens is 221 g/mol. The highest BCUT2D eigenvalue weighted by molar-refractivity contribution is 5.75. The summed E-state index contributed by atoms with van der Waals surface area (Å²) in [5.41, 5.74) is 1.10. The van der Waals surface area contributed by atoms with Gasteiger partial charge in [-0.3, -0.25) is 4.79 Å². The van der Waals surface area contributed by atoms with Crippen molar-refractivity contribution in [2.45, 2.75) is 20.3 Å². The molecule has 2 rings (SSSR count). The molecule has 0 spiro atoms. The van der Waals surface area contributed by atoms with Gasteiger partial charge in [-0.1, -0.05) is 6.07 Å². The van der Waals surface area contributed by atoms with Crippen LogP contribution in [0.3, 0.4) is 0 Å². The van der Waals surface area contributed by atoms with Gasteiger partial charge in [0, 0.05) is 18.8 Å². The molecule has 1 aromatic carbocycles. The molecule has 0 aliphatic carbocycles. The molecular formula is C13H16FNO2. The van der Waals surface area contributed by atoms with Crippen LogP contribution < -0.4 is 4.90 Å². The summed E-state index contributed by atoms with van der Waals surface area (Å²) in [6.45, 7) is 4.54. The first-order chi connectivity index (χ1) is 7.90. The summed E-state index contributed by atoms with van der Waals surface area (Å²) >= 11 is 0. The molecule has 0 bridgehead atoms. The van der Waals surface area contributed by atoms with Gasteiger partial charge in [-0.2, -0.15) is 0 Å². The highest BCUT2D eigenvalue weighted by atomic mass is 19.1. The van der Waals surface area contributed by atoms with Crippen molar-refractivity contribution in [3.63, 3.8) is 0 Å². The fraction of sp³-hybridized carbons (Fsp3) is 0.462. The zero-order valence-electron chi connectivity index (χ0n) is 10.0. The lowest BCUT2D eigenvalue weighted by Crippen LogP contribution is -2.38. The van der Waals surface area contributed by atoms with Crippen molar-refractivity contribution >= 4 is 11.7 Å². The van der Waals surface area contributed by atoms with Gasteiger partial charge in [0.05, 0.1) is 5.41 Å². The van der Waals surface area contributed by atoms with Gasteiger partial charge in [0.2, 0.25) is 0 Å². The Morgan fingerprint density at radius 3 is 2.88 bits per heavy atom. The molecule has 0 unspecified atom stereocenters. The minimum Gasteiger partial charge on any atom is -0.481 e. The molecule has 17 heavy (non-hydrogen) atoms. The van der Waals surface area contributed by atoms with E-state index in [9.17, 15) is 9.18 Å². The van der Waals surface area contributed by atoms with Crippen LogP contribution in [0.15, 0.2) is 18.2 Å². The SMILES string of the molecule is CC(C)(CN1CCc2ccc(F)cc21)C(=O)O. The highest BCUT2D eigenvalue weighted by Crippen LogP contribution is 2.31. The van der Waals surface area contributed by atoms with Crippen molar-refractivity contribution in [1.82, 2.24) is 0 Å². The number of halogens is 1. The average molecular weight is 237 g/mol. The van der Waals surface area contributed by atoms with E-state index < -0.39 is 11.4 Å². The Labute approximate surface area is 99.9 Å². The van der Waals surface area contributed by atoms with Crippen molar-refractivity contribution in [1.29, 1.82) is 0 Å². The maximum atomic E-state index is 13.2. The van der Waals surface area contributed by atoms with Crippen LogP contribution in [0.4, 0.5) is 10.1 Å². The Morgan fingerprint density at radius 1 is 1.53 bits per heavy atom. The number of nitrogens with zero attached hydrogens (tertiary/aromatic N) is 1. The molecule has 0 atom stereocenters. The van der Waals surface area contributed by atoms with E-state index in [1.165, 1.54) is 12.1 Å². The average Bonchev–Trinajstić information content (AvgIpc) is 2.60. The van der Waals surface area contributed by atoms with Crippen LogP contribution >= 0.6 is 0 Å². The molecule has 0 saturated heterocycles. The van der Waals surface area contributed by atoms with E-state index in [0.29, 0.717) is 6.54 Å². The van der Waals surface area contributed by atoms with E-state index in [1.807, 2.05) is 4.90 Å². The number of hydrogen-bond donors (Lipinski definition) is 1. The number of hydrogen-bond acceptors (Lipinski definition) is 2. The monoisotopic (exact) mass is 237 g/mol. The second kappa shape index (κ2) is 4.02. The molecule has 1 N–H and O–H groups in total. The number of aliphatic carboxylic acids is 1. The first-order valence-electron chi connectivity index (χ1n) is 5.67. The minimum atomic E-state index is -0.831. The first kappa shape index (κ1) is 11.9. The van der Waals surface area contributed by atoms with E-state index >= 15 is 0 Å². The predicted molar refractivity (Wildman–Crippen MR) is 63.7 cm³/mol. The molecule has 0 radical (unpaired) electrons. The highest BCUT2D eigenvalue weighted by Gasteiger charge is 2.32. The smallest absolute Gasteiger partial charge is 0.310 e. The Balaban J connectivity index is 2.23. The third-order valence-electron chi connectivity index (χ3n) is 3.20. The van der Waals surface area contributed by atoms with Gasteiger partial charge in [0.1, 0.15) is 5.82 Å². The maximum absolute atomic E-state index is 13.2. The maximum Gasteiger partial charge on any atom is 0.310 e. The summed E-state index contributed by atoms with van der Waals surface area (Å²) in [5, 5.41) is 9.10. The molecule has 0 fully saturated rings. The van der Waals surface area contributed by atoms with Crippen LogP contribution in [-0.2, 0) is 11.2 Å². The van der Waals surface area contributed by atoms with Crippen LogP contribution in [0.25, 0.3) is 0 Å². The second-order valence-electron chi connectivity index (χ2n) is 5.13. The normalized spacial score (nSPS) is 14.9. The summed E-state index contributed by atoms with van der Waals surface area (Å²) in [6.07, 6.45) is 0.852. The lowest BCUT2D eigenvalue weighted by molar-refractivity contribution is -0.146. The quantitative estimate of drug-likeness (QED) is 0.877. The van der Waals surface area contributed by atoms with E-state index in [1.54, 1.807) is 19.9 Å². The van der Waals surface area contributed by atoms with Crippen LogP contribution in [0, 0.1) is 11.2 Å². The first-order valence-corrected chi connectivity index (χ1v) is 5.67. The van der Waals surface area contributed by atoms with Gasteiger partial charge >= 0.3 is 5.97 Å². The van der Waals surface area contributed by atoms with Crippen molar-refractivity contribution in [3.8, 4) is 0 Å². The zero-order valence-corrected chi connectivity index (χ0v) is 10.0. The molecule has 0 aromatic heterocycles. The van der Waals surface area contributed by atoms with E-state index in [0.717, 1.165) is 24.2 Å². The van der Waals surface area contributed by atoms with Gasteiger partial charge in [-0.05, 0) is 38.0 Å². The second-order valence-corrected chi connectivity index (χ2v) is 5.13. The largest absolute Gasteiger partial charge is 0.481 e. The van der Waals surface area contributed by atoms with Gasteiger partial charge < -0.3 is 10.0 Å². The number of anilines is 1. The van der Waals surface area contributed by atoms with Gasteiger partial charge in [-0.15, -0.1) is 0 Å². The molecule has 1 aliphatic rings. The lowest BCUT2D eigenvalue weighted by atomic mass is 9.93. The Morgan fingerprint density at radius 2 is 2.24 bits per heavy atom. The molecule has 4 heteroatoms. The summed E-state index contributed by atoms with van der Waals surface area (Å²) in [5.74, 6) is -1.11. The molecule has 0 saturated carbocycles. The van der Waals surface area contributed by atoms with Crippen molar-refractivity contribution in [2.75, 3.05) is 18.0 Å². The Bertz CT molecular complexity index is 457. The van der Waals surface area contributed by atoms with E-state index in [2.05, 4.69) is 0 Å². The Hall–Kier alpha value is -1.58. The van der Waals surface area contributed by atoms with E-state index in [-0.39, 0.29) is 5.82 Å². The molecule has 92 valence electrons. The van der Waals surface area contributed by atoms with Gasteiger partial charge in [0.25, 0.3) is 0 Å². The number of fused-ring (bicyclic) bond motifs is 1. The third-order valence-corrected chi connectivity index (χ3v) is 3.20. The fourth-order valence-electron chi connectivity index (χ4n) is 2.13. The number of carbonyl (C=O) groups is 1. The van der Waals surface area contributed by atoms with Crippen LogP contribution in [0.2, 0.25) is 0 Å². The van der Waals surface area contributed by atoms with Crippen LogP contribution in [0.1, 0.15) is 19.4 Å². The molecule has 0 amide bonds. The number of rotatable bonds is 3. The molecule has 3 nitrogen and oxygen atoms in total. The van der Waals surface area contributed by atoms with Crippen LogP contribution in [0.5, 0.6) is 0 Å². The number of carboxylic acid groups (broad SMARTS) is 1. The number of benzene rings is 1. The topological polar surface area (TPSA) is 40.5 Å². The summed E-state index contributed by atoms with van der Waals surface area (Å²) in [6, 6.07) is 4.71. The minimum absolute atomic E-state index is 0.274. The van der Waals surface area contributed by atoms with E-state index in [4.69, 9.17) is 5.11 Å². The summed E-state index contributed by atoms with van der Waals surface area (Å²) in [7, 11) is 0. The van der Waals surface area contributed by atoms with Crippen molar-refractivity contribution in [3.05, 3.63) is 29.6 Å². The summed E-state index contributed by atoms with van der Waals surface area (Å²) < 4.78 is 13.2. The van der Waals surface area contributed by atoms with Crippen molar-refractivity contribution < 1.29 is 14.3 Å². The Kier molecular flexibility index (Phi) is 2.81. The standard InChI is InChI=1S/C13H16FNO2/c1-13(2,12(16)17)8-15-6-5-9-3-4-10(14)7-11(9)15/h3-4,7H,5-6,8H2,1-2H3,(H,16,17). The van der Waals surface area contributed by atoms with Gasteiger partial charge in [-0.25, -0.2) is 4.39 Å². The summed E-state index contributed by atoms with van der Waals surface area (Å²) in [4.78, 5) is 13.0. The fourth-order valence-corrected chi connectivity index (χ4v) is 2.13.